The number of benzene rings is 2. The van der Waals surface area contributed by atoms with Crippen molar-refractivity contribution in [1.29, 1.82) is 0 Å². The lowest BCUT2D eigenvalue weighted by atomic mass is 10.1. The molecule has 0 spiro atoms. The van der Waals surface area contributed by atoms with E-state index in [4.69, 9.17) is 14.2 Å². The Balaban J connectivity index is 0.00000169. The lowest BCUT2D eigenvalue weighted by molar-refractivity contribution is 0.104. The third-order valence-electron chi connectivity index (χ3n) is 4.27. The summed E-state index contributed by atoms with van der Waals surface area (Å²) in [6.07, 6.45) is 0. The zero-order chi connectivity index (χ0) is 16.1. The summed E-state index contributed by atoms with van der Waals surface area (Å²) in [6, 6.07) is 9.23. The average Bonchev–Trinajstić information content (AvgIpc) is 3.09. The summed E-state index contributed by atoms with van der Waals surface area (Å²) >= 11 is 0. The number of H-pyrrole nitrogens is 1. The second kappa shape index (κ2) is 5.76. The summed E-state index contributed by atoms with van der Waals surface area (Å²) in [6.45, 7) is 0. The van der Waals surface area contributed by atoms with Gasteiger partial charge in [-0.05, 0) is 30.3 Å². The van der Waals surface area contributed by atoms with E-state index in [0.29, 0.717) is 22.6 Å². The van der Waals surface area contributed by atoms with E-state index in [-0.39, 0.29) is 18.2 Å². The fourth-order valence-electron chi connectivity index (χ4n) is 3.14. The van der Waals surface area contributed by atoms with Crippen molar-refractivity contribution in [2.24, 2.45) is 0 Å². The Morgan fingerprint density at radius 3 is 2.17 bits per heavy atom. The molecule has 24 heavy (non-hydrogen) atoms. The Bertz CT molecular complexity index is 961. The highest BCUT2D eigenvalue weighted by Crippen LogP contribution is 2.45. The molecule has 0 fully saturated rings. The number of methoxy groups -OCH3 is 3. The van der Waals surface area contributed by atoms with Crippen molar-refractivity contribution in [1.82, 2.24) is 4.98 Å². The van der Waals surface area contributed by atoms with Crippen LogP contribution in [0.4, 0.5) is 0 Å². The lowest BCUT2D eigenvalue weighted by Crippen LogP contribution is -1.98. The van der Waals surface area contributed by atoms with Crippen LogP contribution in [0.2, 0.25) is 0 Å². The van der Waals surface area contributed by atoms with E-state index in [2.05, 4.69) is 4.98 Å². The Hall–Kier alpha value is -2.66. The molecule has 1 heterocycles. The molecule has 0 bridgehead atoms. The van der Waals surface area contributed by atoms with Crippen molar-refractivity contribution in [3.63, 3.8) is 0 Å². The monoisotopic (exact) mass is 345 g/mol. The molecule has 0 saturated carbocycles. The van der Waals surface area contributed by atoms with Crippen LogP contribution in [0.15, 0.2) is 30.3 Å². The number of hydrogen-bond acceptors (Lipinski definition) is 4. The van der Waals surface area contributed by atoms with Crippen molar-refractivity contribution in [3.8, 4) is 28.5 Å². The molecule has 1 aliphatic carbocycles. The number of carbonyl (C=O) groups excluding carboxylic acids is 1. The zero-order valence-corrected chi connectivity index (χ0v) is 14.2. The van der Waals surface area contributed by atoms with Crippen LogP contribution in [0.25, 0.3) is 22.2 Å². The molecule has 3 aromatic rings. The van der Waals surface area contributed by atoms with Crippen LogP contribution in [0.1, 0.15) is 15.9 Å². The van der Waals surface area contributed by atoms with Crippen LogP contribution in [-0.2, 0) is 0 Å². The van der Waals surface area contributed by atoms with Gasteiger partial charge in [-0.15, -0.1) is 12.4 Å². The molecular weight excluding hydrogens is 330 g/mol. The second-order valence-corrected chi connectivity index (χ2v) is 5.37. The van der Waals surface area contributed by atoms with Gasteiger partial charge in [-0.3, -0.25) is 4.79 Å². The summed E-state index contributed by atoms with van der Waals surface area (Å²) in [5, 5.41) is 0.860. The van der Waals surface area contributed by atoms with Gasteiger partial charge in [0.1, 0.15) is 5.75 Å². The number of ketones is 1. The van der Waals surface area contributed by atoms with Crippen LogP contribution in [0.5, 0.6) is 17.2 Å². The van der Waals surface area contributed by atoms with E-state index in [1.54, 1.807) is 27.4 Å². The number of fused-ring (bicyclic) bond motifs is 5. The fraction of sp³-hybridized carbons (Fsp3) is 0.167. The van der Waals surface area contributed by atoms with E-state index < -0.39 is 0 Å². The number of rotatable bonds is 3. The predicted octanol–water partition coefficient (Wildman–Crippen LogP) is 3.83. The van der Waals surface area contributed by atoms with Gasteiger partial charge in [-0.2, -0.15) is 0 Å². The normalized spacial score (nSPS) is 11.7. The van der Waals surface area contributed by atoms with Gasteiger partial charge in [0.2, 0.25) is 0 Å². The van der Waals surface area contributed by atoms with E-state index in [1.165, 1.54) is 0 Å². The van der Waals surface area contributed by atoms with Crippen LogP contribution in [0, 0.1) is 0 Å². The van der Waals surface area contributed by atoms with E-state index in [1.807, 2.05) is 24.3 Å². The molecule has 0 amide bonds. The number of aromatic nitrogens is 1. The first-order valence-corrected chi connectivity index (χ1v) is 7.18. The molecule has 2 aromatic carbocycles. The largest absolute Gasteiger partial charge is 0.497 e. The van der Waals surface area contributed by atoms with Gasteiger partial charge in [0.15, 0.2) is 17.3 Å². The molecule has 124 valence electrons. The Morgan fingerprint density at radius 2 is 1.54 bits per heavy atom. The molecule has 0 unspecified atom stereocenters. The second-order valence-electron chi connectivity index (χ2n) is 5.37. The van der Waals surface area contributed by atoms with E-state index in [9.17, 15) is 4.79 Å². The SMILES string of the molecule is COc1ccc2[nH]c3c(c2c1)C(=O)c1cc(OC)c(OC)cc1-3.Cl. The van der Waals surface area contributed by atoms with Gasteiger partial charge >= 0.3 is 0 Å². The van der Waals surface area contributed by atoms with Crippen LogP contribution in [-0.4, -0.2) is 32.1 Å². The minimum absolute atomic E-state index is 0. The standard InChI is InChI=1S/C18H15NO4.ClH/c1-21-9-4-5-13-12(6-9)16-17(19-13)10-7-14(22-2)15(23-3)8-11(10)18(16)20;/h4-8,19H,1-3H3;1H. The molecule has 5 nitrogen and oxygen atoms in total. The summed E-state index contributed by atoms with van der Waals surface area (Å²) in [7, 11) is 4.75. The molecule has 0 atom stereocenters. The van der Waals surface area contributed by atoms with Crippen molar-refractivity contribution in [3.05, 3.63) is 41.5 Å². The van der Waals surface area contributed by atoms with E-state index in [0.717, 1.165) is 27.9 Å². The molecule has 0 aliphatic heterocycles. The predicted molar refractivity (Wildman–Crippen MR) is 94.1 cm³/mol. The topological polar surface area (TPSA) is 60.6 Å². The first kappa shape index (κ1) is 16.2. The van der Waals surface area contributed by atoms with Crippen LogP contribution >= 0.6 is 12.4 Å². The Morgan fingerprint density at radius 1 is 0.875 bits per heavy atom. The average molecular weight is 346 g/mol. The molecule has 1 aliphatic rings. The third-order valence-corrected chi connectivity index (χ3v) is 4.27. The molecular formula is C18H16ClNO4. The van der Waals surface area contributed by atoms with Gasteiger partial charge in [0.25, 0.3) is 0 Å². The van der Waals surface area contributed by atoms with Gasteiger partial charge in [0, 0.05) is 22.0 Å². The van der Waals surface area contributed by atoms with Crippen molar-refractivity contribution < 1.29 is 19.0 Å². The first-order chi connectivity index (χ1) is 11.2. The first-order valence-electron chi connectivity index (χ1n) is 7.18. The molecule has 6 heteroatoms. The van der Waals surface area contributed by atoms with Crippen molar-refractivity contribution in [2.45, 2.75) is 0 Å². The lowest BCUT2D eigenvalue weighted by Gasteiger charge is -2.09. The van der Waals surface area contributed by atoms with Crippen LogP contribution < -0.4 is 14.2 Å². The number of nitrogens with one attached hydrogen (secondary N) is 1. The zero-order valence-electron chi connectivity index (χ0n) is 13.4. The maximum absolute atomic E-state index is 12.9. The third kappa shape index (κ3) is 2.05. The maximum Gasteiger partial charge on any atom is 0.196 e. The number of halogens is 1. The molecule has 1 aromatic heterocycles. The maximum atomic E-state index is 12.9. The number of aromatic amines is 1. The van der Waals surface area contributed by atoms with Gasteiger partial charge < -0.3 is 19.2 Å². The van der Waals surface area contributed by atoms with Gasteiger partial charge in [0.05, 0.1) is 32.6 Å². The van der Waals surface area contributed by atoms with Gasteiger partial charge in [-0.25, -0.2) is 0 Å². The summed E-state index contributed by atoms with van der Waals surface area (Å²) in [5.74, 6) is 1.85. The molecule has 4 rings (SSSR count). The number of ether oxygens (including phenoxy) is 3. The quantitative estimate of drug-likeness (QED) is 0.613. The molecule has 1 N–H and O–H groups in total. The van der Waals surface area contributed by atoms with E-state index >= 15 is 0 Å². The van der Waals surface area contributed by atoms with Gasteiger partial charge in [-0.1, -0.05) is 0 Å². The van der Waals surface area contributed by atoms with Crippen LogP contribution in [0.3, 0.4) is 0 Å². The number of hydrogen-bond donors (Lipinski definition) is 1. The van der Waals surface area contributed by atoms with Crippen molar-refractivity contribution >= 4 is 29.1 Å². The number of carbonyl (C=O) groups is 1. The summed E-state index contributed by atoms with van der Waals surface area (Å²) in [5.41, 5.74) is 3.84. The minimum atomic E-state index is -0.0181. The highest BCUT2D eigenvalue weighted by molar-refractivity contribution is 6.27. The fourth-order valence-corrected chi connectivity index (χ4v) is 3.14. The molecule has 0 saturated heterocycles. The highest BCUT2D eigenvalue weighted by atomic mass is 35.5. The summed E-state index contributed by atoms with van der Waals surface area (Å²) < 4.78 is 15.9. The smallest absolute Gasteiger partial charge is 0.196 e. The van der Waals surface area contributed by atoms with Crippen molar-refractivity contribution in [2.75, 3.05) is 21.3 Å². The minimum Gasteiger partial charge on any atom is -0.497 e. The Kier molecular flexibility index (Phi) is 3.89. The highest BCUT2D eigenvalue weighted by Gasteiger charge is 2.32. The summed E-state index contributed by atoms with van der Waals surface area (Å²) in [4.78, 5) is 16.2. The molecule has 0 radical (unpaired) electrons. The Labute approximate surface area is 144 Å².